The van der Waals surface area contributed by atoms with Crippen LogP contribution in [-0.2, 0) is 0 Å². The molecule has 1 heterocycles. The van der Waals surface area contributed by atoms with Crippen molar-refractivity contribution in [2.24, 2.45) is 5.73 Å². The van der Waals surface area contributed by atoms with E-state index in [1.807, 2.05) is 0 Å². The van der Waals surface area contributed by atoms with Crippen LogP contribution >= 0.6 is 0 Å². The molecular formula is C13H9FN2O4. The van der Waals surface area contributed by atoms with Gasteiger partial charge in [0.2, 0.25) is 0 Å². The van der Waals surface area contributed by atoms with Gasteiger partial charge >= 0.3 is 5.97 Å². The summed E-state index contributed by atoms with van der Waals surface area (Å²) in [6.45, 7) is 0. The van der Waals surface area contributed by atoms with Crippen LogP contribution < -0.4 is 10.5 Å². The lowest BCUT2D eigenvalue weighted by Crippen LogP contribution is -2.14. The highest BCUT2D eigenvalue weighted by Crippen LogP contribution is 2.26. The second-order valence-corrected chi connectivity index (χ2v) is 3.76. The molecule has 7 heteroatoms. The van der Waals surface area contributed by atoms with E-state index in [4.69, 9.17) is 15.6 Å². The molecule has 2 aromatic rings. The smallest absolute Gasteiger partial charge is 0.354 e. The van der Waals surface area contributed by atoms with Gasteiger partial charge in [0.1, 0.15) is 28.6 Å². The number of amides is 1. The Labute approximate surface area is 112 Å². The number of aromatic carboxylic acids is 1. The number of nitrogens with two attached hydrogens (primary N) is 1. The van der Waals surface area contributed by atoms with E-state index in [9.17, 15) is 14.0 Å². The molecule has 0 spiro atoms. The molecule has 3 N–H and O–H groups in total. The first kappa shape index (κ1) is 13.5. The summed E-state index contributed by atoms with van der Waals surface area (Å²) in [6, 6.07) is 6.37. The molecule has 0 aliphatic heterocycles. The predicted octanol–water partition coefficient (Wildman–Crippen LogP) is 1.81. The Kier molecular flexibility index (Phi) is 3.60. The van der Waals surface area contributed by atoms with Crippen LogP contribution in [0.15, 0.2) is 36.5 Å². The number of benzene rings is 1. The van der Waals surface area contributed by atoms with Crippen LogP contribution in [0, 0.1) is 5.82 Å². The number of hydrogen-bond acceptors (Lipinski definition) is 4. The number of pyridine rings is 1. The van der Waals surface area contributed by atoms with Crippen molar-refractivity contribution < 1.29 is 23.8 Å². The van der Waals surface area contributed by atoms with Gasteiger partial charge in [-0.05, 0) is 24.3 Å². The van der Waals surface area contributed by atoms with Gasteiger partial charge in [-0.25, -0.2) is 14.2 Å². The monoisotopic (exact) mass is 276 g/mol. The van der Waals surface area contributed by atoms with E-state index in [0.717, 1.165) is 12.3 Å². The quantitative estimate of drug-likeness (QED) is 0.886. The minimum atomic E-state index is -1.18. The van der Waals surface area contributed by atoms with Crippen molar-refractivity contribution in [3.63, 3.8) is 0 Å². The molecule has 20 heavy (non-hydrogen) atoms. The highest BCUT2D eigenvalue weighted by atomic mass is 19.1. The van der Waals surface area contributed by atoms with Crippen LogP contribution in [0.5, 0.6) is 11.5 Å². The number of carboxylic acids is 1. The molecule has 0 unspecified atom stereocenters. The molecule has 1 aromatic heterocycles. The highest BCUT2D eigenvalue weighted by Gasteiger charge is 2.16. The number of ether oxygens (including phenoxy) is 1. The second kappa shape index (κ2) is 5.35. The van der Waals surface area contributed by atoms with Crippen LogP contribution in [0.4, 0.5) is 4.39 Å². The third kappa shape index (κ3) is 2.72. The molecule has 2 rings (SSSR count). The van der Waals surface area contributed by atoms with E-state index in [2.05, 4.69) is 4.98 Å². The van der Waals surface area contributed by atoms with Gasteiger partial charge in [0.25, 0.3) is 5.91 Å². The second-order valence-electron chi connectivity index (χ2n) is 3.76. The van der Waals surface area contributed by atoms with Crippen LogP contribution in [-0.4, -0.2) is 22.0 Å². The minimum absolute atomic E-state index is 0.0672. The Morgan fingerprint density at radius 2 is 2.00 bits per heavy atom. The maximum atomic E-state index is 13.5. The Morgan fingerprint density at radius 1 is 1.25 bits per heavy atom. The van der Waals surface area contributed by atoms with Gasteiger partial charge in [-0.1, -0.05) is 6.07 Å². The number of carbonyl (C=O) groups excluding carboxylic acids is 1. The van der Waals surface area contributed by atoms with Crippen molar-refractivity contribution in [1.82, 2.24) is 4.98 Å². The van der Waals surface area contributed by atoms with Crippen LogP contribution in [0.25, 0.3) is 0 Å². The van der Waals surface area contributed by atoms with Crippen molar-refractivity contribution >= 4 is 11.9 Å². The Balaban J connectivity index is 2.33. The number of hydrogen-bond donors (Lipinski definition) is 2. The fourth-order valence-electron chi connectivity index (χ4n) is 1.52. The van der Waals surface area contributed by atoms with Gasteiger partial charge < -0.3 is 15.6 Å². The molecule has 1 aromatic carbocycles. The molecule has 0 aliphatic rings. The molecule has 0 bridgehead atoms. The van der Waals surface area contributed by atoms with Crippen molar-refractivity contribution in [3.8, 4) is 11.5 Å². The summed E-state index contributed by atoms with van der Waals surface area (Å²) < 4.78 is 18.8. The topological polar surface area (TPSA) is 103 Å². The number of rotatable bonds is 4. The van der Waals surface area contributed by atoms with Gasteiger partial charge in [0.15, 0.2) is 0 Å². The Morgan fingerprint density at radius 3 is 2.55 bits per heavy atom. The normalized spacial score (nSPS) is 10.1. The first-order valence-electron chi connectivity index (χ1n) is 5.44. The van der Waals surface area contributed by atoms with Gasteiger partial charge in [0, 0.05) is 0 Å². The van der Waals surface area contributed by atoms with Crippen LogP contribution in [0.3, 0.4) is 0 Å². The maximum absolute atomic E-state index is 13.5. The molecule has 1 amide bonds. The van der Waals surface area contributed by atoms with E-state index >= 15 is 0 Å². The van der Waals surface area contributed by atoms with E-state index in [1.54, 1.807) is 0 Å². The largest absolute Gasteiger partial charge is 0.477 e. The third-order valence-electron chi connectivity index (χ3n) is 2.41. The fourth-order valence-corrected chi connectivity index (χ4v) is 1.52. The SMILES string of the molecule is NC(=O)c1c(F)cccc1Oc1ccc(C(=O)O)nc1. The Bertz CT molecular complexity index is 671. The maximum Gasteiger partial charge on any atom is 0.354 e. The number of aromatic nitrogens is 1. The molecular weight excluding hydrogens is 267 g/mol. The zero-order valence-corrected chi connectivity index (χ0v) is 10.0. The predicted molar refractivity (Wildman–Crippen MR) is 66.2 cm³/mol. The lowest BCUT2D eigenvalue weighted by atomic mass is 10.2. The van der Waals surface area contributed by atoms with Gasteiger partial charge in [-0.2, -0.15) is 0 Å². The summed E-state index contributed by atoms with van der Waals surface area (Å²) in [4.78, 5) is 25.5. The summed E-state index contributed by atoms with van der Waals surface area (Å²) in [5, 5.41) is 8.70. The summed E-state index contributed by atoms with van der Waals surface area (Å²) in [6.07, 6.45) is 1.15. The van der Waals surface area contributed by atoms with Crippen LogP contribution in [0.1, 0.15) is 20.8 Å². The zero-order valence-electron chi connectivity index (χ0n) is 10.0. The average molecular weight is 276 g/mol. The minimum Gasteiger partial charge on any atom is -0.477 e. The molecule has 6 nitrogen and oxygen atoms in total. The van der Waals surface area contributed by atoms with E-state index in [1.165, 1.54) is 24.3 Å². The van der Waals surface area contributed by atoms with E-state index in [0.29, 0.717) is 0 Å². The van der Waals surface area contributed by atoms with E-state index < -0.39 is 17.7 Å². The molecule has 0 saturated heterocycles. The molecule has 0 aliphatic carbocycles. The lowest BCUT2D eigenvalue weighted by molar-refractivity contribution is 0.0690. The number of halogens is 1. The highest BCUT2D eigenvalue weighted by molar-refractivity contribution is 5.96. The average Bonchev–Trinajstić information content (AvgIpc) is 2.39. The fraction of sp³-hybridized carbons (Fsp3) is 0. The summed E-state index contributed by atoms with van der Waals surface area (Å²) in [5.41, 5.74) is 4.54. The van der Waals surface area contributed by atoms with Crippen molar-refractivity contribution in [1.29, 1.82) is 0 Å². The molecule has 0 atom stereocenters. The summed E-state index contributed by atoms with van der Waals surface area (Å²) in [5.74, 6) is -2.86. The summed E-state index contributed by atoms with van der Waals surface area (Å²) >= 11 is 0. The first-order valence-corrected chi connectivity index (χ1v) is 5.44. The molecule has 102 valence electrons. The number of carboxylic acid groups (broad SMARTS) is 1. The molecule has 0 radical (unpaired) electrons. The lowest BCUT2D eigenvalue weighted by Gasteiger charge is -2.09. The van der Waals surface area contributed by atoms with E-state index in [-0.39, 0.29) is 22.8 Å². The standard InChI is InChI=1S/C13H9FN2O4/c14-8-2-1-3-10(11(8)12(15)17)20-7-4-5-9(13(18)19)16-6-7/h1-6H,(H2,15,17)(H,18,19). The van der Waals surface area contributed by atoms with Gasteiger partial charge in [-0.3, -0.25) is 4.79 Å². The Hall–Kier alpha value is -2.96. The summed E-state index contributed by atoms with van der Waals surface area (Å²) in [7, 11) is 0. The van der Waals surface area contributed by atoms with Gasteiger partial charge in [0.05, 0.1) is 6.20 Å². The zero-order chi connectivity index (χ0) is 14.7. The first-order chi connectivity index (χ1) is 9.49. The van der Waals surface area contributed by atoms with Crippen LogP contribution in [0.2, 0.25) is 0 Å². The molecule has 0 fully saturated rings. The van der Waals surface area contributed by atoms with Crippen molar-refractivity contribution in [3.05, 3.63) is 53.6 Å². The number of carbonyl (C=O) groups is 2. The van der Waals surface area contributed by atoms with Crippen molar-refractivity contribution in [2.45, 2.75) is 0 Å². The third-order valence-corrected chi connectivity index (χ3v) is 2.41. The van der Waals surface area contributed by atoms with Gasteiger partial charge in [-0.15, -0.1) is 0 Å². The number of nitrogens with zero attached hydrogens (tertiary/aromatic N) is 1. The number of primary amides is 1. The van der Waals surface area contributed by atoms with Crippen molar-refractivity contribution in [2.75, 3.05) is 0 Å². The molecule has 0 saturated carbocycles.